The SMILES string of the molecule is CCCc1cc(C(=O)NC2CCCc3c2cnn3C)no1. The summed E-state index contributed by atoms with van der Waals surface area (Å²) in [4.78, 5) is 12.3. The molecule has 1 aliphatic carbocycles. The summed E-state index contributed by atoms with van der Waals surface area (Å²) in [6.07, 6.45) is 6.63. The maximum atomic E-state index is 12.3. The summed E-state index contributed by atoms with van der Waals surface area (Å²) in [6.45, 7) is 2.06. The smallest absolute Gasteiger partial charge is 0.273 e. The number of nitrogens with zero attached hydrogens (tertiary/aromatic N) is 3. The quantitative estimate of drug-likeness (QED) is 0.935. The minimum absolute atomic E-state index is 0.0151. The fraction of sp³-hybridized carbons (Fsp3) is 0.533. The lowest BCUT2D eigenvalue weighted by Gasteiger charge is -2.23. The van der Waals surface area contributed by atoms with E-state index in [4.69, 9.17) is 4.52 Å². The molecule has 1 unspecified atom stereocenters. The average molecular weight is 288 g/mol. The second-order valence-corrected chi connectivity index (χ2v) is 5.52. The largest absolute Gasteiger partial charge is 0.361 e. The first kappa shape index (κ1) is 13.9. The van der Waals surface area contributed by atoms with Crippen molar-refractivity contribution in [1.29, 1.82) is 0 Å². The van der Waals surface area contributed by atoms with Gasteiger partial charge < -0.3 is 9.84 Å². The fourth-order valence-corrected chi connectivity index (χ4v) is 2.87. The van der Waals surface area contributed by atoms with Gasteiger partial charge in [0, 0.05) is 30.8 Å². The van der Waals surface area contributed by atoms with Gasteiger partial charge in [-0.05, 0) is 25.7 Å². The molecule has 0 spiro atoms. The van der Waals surface area contributed by atoms with E-state index in [-0.39, 0.29) is 11.9 Å². The number of aryl methyl sites for hydroxylation is 2. The molecule has 1 amide bonds. The summed E-state index contributed by atoms with van der Waals surface area (Å²) in [6, 6.07) is 1.74. The van der Waals surface area contributed by atoms with E-state index in [1.807, 2.05) is 17.9 Å². The molecule has 1 N–H and O–H groups in total. The molecule has 1 aliphatic rings. The first-order chi connectivity index (χ1) is 10.2. The molecular formula is C15H20N4O2. The Balaban J connectivity index is 1.73. The van der Waals surface area contributed by atoms with E-state index >= 15 is 0 Å². The van der Waals surface area contributed by atoms with Crippen molar-refractivity contribution < 1.29 is 9.32 Å². The van der Waals surface area contributed by atoms with Crippen LogP contribution in [0.5, 0.6) is 0 Å². The van der Waals surface area contributed by atoms with Gasteiger partial charge in [0.25, 0.3) is 5.91 Å². The van der Waals surface area contributed by atoms with E-state index < -0.39 is 0 Å². The summed E-state index contributed by atoms with van der Waals surface area (Å²) in [5.74, 6) is 0.580. The van der Waals surface area contributed by atoms with Gasteiger partial charge in [0.2, 0.25) is 0 Å². The predicted octanol–water partition coefficient (Wildman–Crippen LogP) is 2.17. The Morgan fingerprint density at radius 2 is 2.43 bits per heavy atom. The third-order valence-corrected chi connectivity index (χ3v) is 3.97. The van der Waals surface area contributed by atoms with Crippen molar-refractivity contribution in [3.8, 4) is 0 Å². The number of aromatic nitrogens is 3. The van der Waals surface area contributed by atoms with Crippen LogP contribution in [-0.4, -0.2) is 20.8 Å². The van der Waals surface area contributed by atoms with Crippen molar-refractivity contribution in [2.75, 3.05) is 0 Å². The van der Waals surface area contributed by atoms with Crippen molar-refractivity contribution in [2.24, 2.45) is 7.05 Å². The van der Waals surface area contributed by atoms with E-state index in [9.17, 15) is 4.79 Å². The van der Waals surface area contributed by atoms with Gasteiger partial charge in [0.1, 0.15) is 5.76 Å². The van der Waals surface area contributed by atoms with Crippen LogP contribution in [-0.2, 0) is 19.9 Å². The maximum Gasteiger partial charge on any atom is 0.273 e. The molecule has 2 aromatic rings. The van der Waals surface area contributed by atoms with Crippen LogP contribution in [0.2, 0.25) is 0 Å². The van der Waals surface area contributed by atoms with Gasteiger partial charge in [-0.1, -0.05) is 12.1 Å². The molecule has 6 nitrogen and oxygen atoms in total. The number of amides is 1. The molecule has 0 bridgehead atoms. The Kier molecular flexibility index (Phi) is 3.77. The summed E-state index contributed by atoms with van der Waals surface area (Å²) in [7, 11) is 1.94. The Morgan fingerprint density at radius 1 is 1.57 bits per heavy atom. The molecule has 0 aliphatic heterocycles. The third kappa shape index (κ3) is 2.70. The lowest BCUT2D eigenvalue weighted by molar-refractivity contribution is 0.0923. The highest BCUT2D eigenvalue weighted by Crippen LogP contribution is 2.29. The first-order valence-corrected chi connectivity index (χ1v) is 7.46. The highest BCUT2D eigenvalue weighted by molar-refractivity contribution is 5.92. The zero-order chi connectivity index (χ0) is 14.8. The van der Waals surface area contributed by atoms with Gasteiger partial charge in [-0.15, -0.1) is 0 Å². The lowest BCUT2D eigenvalue weighted by Crippen LogP contribution is -2.31. The van der Waals surface area contributed by atoms with Crippen molar-refractivity contribution in [3.05, 3.63) is 35.0 Å². The monoisotopic (exact) mass is 288 g/mol. The highest BCUT2D eigenvalue weighted by Gasteiger charge is 2.26. The standard InChI is InChI=1S/C15H20N4O2/c1-3-5-10-8-13(18-21-10)15(20)17-12-6-4-7-14-11(12)9-16-19(14)2/h8-9,12H,3-7H2,1-2H3,(H,17,20). The second-order valence-electron chi connectivity index (χ2n) is 5.52. The molecule has 0 saturated carbocycles. The lowest BCUT2D eigenvalue weighted by atomic mass is 9.93. The molecule has 2 heterocycles. The van der Waals surface area contributed by atoms with Gasteiger partial charge in [-0.3, -0.25) is 9.48 Å². The van der Waals surface area contributed by atoms with E-state index in [0.717, 1.165) is 43.4 Å². The third-order valence-electron chi connectivity index (χ3n) is 3.97. The molecule has 21 heavy (non-hydrogen) atoms. The van der Waals surface area contributed by atoms with E-state index in [1.165, 1.54) is 5.69 Å². The van der Waals surface area contributed by atoms with Crippen LogP contribution in [0.25, 0.3) is 0 Å². The summed E-state index contributed by atoms with van der Waals surface area (Å²) in [5.41, 5.74) is 2.68. The van der Waals surface area contributed by atoms with Crippen LogP contribution in [0.3, 0.4) is 0 Å². The van der Waals surface area contributed by atoms with Crippen LogP contribution in [0.4, 0.5) is 0 Å². The van der Waals surface area contributed by atoms with Crippen LogP contribution in [0.1, 0.15) is 59.7 Å². The Bertz CT molecular complexity index is 644. The topological polar surface area (TPSA) is 73.0 Å². The van der Waals surface area contributed by atoms with E-state index in [2.05, 4.69) is 22.5 Å². The predicted molar refractivity (Wildman–Crippen MR) is 76.9 cm³/mol. The van der Waals surface area contributed by atoms with Crippen molar-refractivity contribution >= 4 is 5.91 Å². The molecular weight excluding hydrogens is 268 g/mol. The van der Waals surface area contributed by atoms with E-state index in [0.29, 0.717) is 5.69 Å². The molecule has 0 fully saturated rings. The number of fused-ring (bicyclic) bond motifs is 1. The van der Waals surface area contributed by atoms with Crippen LogP contribution in [0.15, 0.2) is 16.8 Å². The second kappa shape index (κ2) is 5.71. The molecule has 2 aromatic heterocycles. The number of hydrogen-bond donors (Lipinski definition) is 1. The number of nitrogens with one attached hydrogen (secondary N) is 1. The number of rotatable bonds is 4. The number of carbonyl (C=O) groups excluding carboxylic acids is 1. The first-order valence-electron chi connectivity index (χ1n) is 7.46. The summed E-state index contributed by atoms with van der Waals surface area (Å²) < 4.78 is 7.05. The molecule has 3 rings (SSSR count). The van der Waals surface area contributed by atoms with Gasteiger partial charge in [-0.25, -0.2) is 0 Å². The minimum Gasteiger partial charge on any atom is -0.361 e. The average Bonchev–Trinajstić information content (AvgIpc) is 3.08. The van der Waals surface area contributed by atoms with Crippen LogP contribution >= 0.6 is 0 Å². The minimum atomic E-state index is -0.178. The molecule has 6 heteroatoms. The molecule has 0 aromatic carbocycles. The van der Waals surface area contributed by atoms with Crippen LogP contribution in [0, 0.1) is 0 Å². The van der Waals surface area contributed by atoms with Gasteiger partial charge in [0.15, 0.2) is 5.69 Å². The van der Waals surface area contributed by atoms with Crippen LogP contribution < -0.4 is 5.32 Å². The van der Waals surface area contributed by atoms with Crippen molar-refractivity contribution in [3.63, 3.8) is 0 Å². The number of hydrogen-bond acceptors (Lipinski definition) is 4. The highest BCUT2D eigenvalue weighted by atomic mass is 16.5. The molecule has 1 atom stereocenters. The van der Waals surface area contributed by atoms with Crippen molar-refractivity contribution in [2.45, 2.75) is 45.1 Å². The van der Waals surface area contributed by atoms with Crippen molar-refractivity contribution in [1.82, 2.24) is 20.3 Å². The maximum absolute atomic E-state index is 12.3. The zero-order valence-corrected chi connectivity index (χ0v) is 12.4. The molecule has 0 saturated heterocycles. The normalized spacial score (nSPS) is 17.5. The molecule has 112 valence electrons. The Labute approximate surface area is 123 Å². The number of carbonyl (C=O) groups is 1. The molecule has 0 radical (unpaired) electrons. The Hall–Kier alpha value is -2.11. The van der Waals surface area contributed by atoms with E-state index in [1.54, 1.807) is 6.07 Å². The van der Waals surface area contributed by atoms with Gasteiger partial charge >= 0.3 is 0 Å². The van der Waals surface area contributed by atoms with Gasteiger partial charge in [0.05, 0.1) is 12.2 Å². The fourth-order valence-electron chi connectivity index (χ4n) is 2.87. The summed E-state index contributed by atoms with van der Waals surface area (Å²) in [5, 5.41) is 11.2. The Morgan fingerprint density at radius 3 is 3.24 bits per heavy atom. The summed E-state index contributed by atoms with van der Waals surface area (Å²) >= 11 is 0. The zero-order valence-electron chi connectivity index (χ0n) is 12.4. The van der Waals surface area contributed by atoms with Gasteiger partial charge in [-0.2, -0.15) is 5.10 Å².